The van der Waals surface area contributed by atoms with Crippen LogP contribution in [0.3, 0.4) is 0 Å². The normalized spacial score (nSPS) is 15.5. The predicted octanol–water partition coefficient (Wildman–Crippen LogP) is 2.34. The van der Waals surface area contributed by atoms with Crippen LogP contribution in [0.15, 0.2) is 24.3 Å². The molecule has 0 radical (unpaired) electrons. The smallest absolute Gasteiger partial charge is 0.261 e. The van der Waals surface area contributed by atoms with Crippen LogP contribution in [0.5, 0.6) is 0 Å². The lowest BCUT2D eigenvalue weighted by Crippen LogP contribution is -2.34. The Morgan fingerprint density at radius 2 is 2.06 bits per heavy atom. The van der Waals surface area contributed by atoms with E-state index < -0.39 is 24.6 Å². The summed E-state index contributed by atoms with van der Waals surface area (Å²) in [6, 6.07) is 4.65. The summed E-state index contributed by atoms with van der Waals surface area (Å²) in [5.74, 6) is -1.56. The molecule has 1 aromatic rings. The second-order valence-corrected chi connectivity index (χ2v) is 8.25. The lowest BCUT2D eigenvalue weighted by molar-refractivity contribution is 0.0999. The van der Waals surface area contributed by atoms with E-state index in [-0.39, 0.29) is 5.56 Å². The number of alkyl halides is 2. The first kappa shape index (κ1) is 13.6. The molecular weight excluding hydrogens is 323 g/mol. The van der Waals surface area contributed by atoms with Crippen molar-refractivity contribution in [3.63, 3.8) is 0 Å². The van der Waals surface area contributed by atoms with Crippen LogP contribution in [0, 0.1) is 5.82 Å². The standard InChI is InChI=1S/C9H7BrClFO3S/c1-16(14,15)9(10,11)8(13)6-3-2-4-7(12)5-6/h2-5H,1H3/t9-/m0/s1. The topological polar surface area (TPSA) is 51.2 Å². The maximum atomic E-state index is 12.9. The highest BCUT2D eigenvalue weighted by molar-refractivity contribution is 9.12. The van der Waals surface area contributed by atoms with E-state index in [1.807, 2.05) is 0 Å². The Labute approximate surface area is 106 Å². The number of carbonyl (C=O) groups is 1. The third-order valence-corrected chi connectivity index (χ3v) is 6.07. The average Bonchev–Trinajstić information content (AvgIpc) is 2.14. The minimum atomic E-state index is -3.85. The Morgan fingerprint density at radius 3 is 2.50 bits per heavy atom. The van der Waals surface area contributed by atoms with Crippen molar-refractivity contribution in [2.45, 2.75) is 3.12 Å². The van der Waals surface area contributed by atoms with Crippen LogP contribution in [-0.2, 0) is 9.84 Å². The fourth-order valence-corrected chi connectivity index (χ4v) is 1.76. The van der Waals surface area contributed by atoms with Gasteiger partial charge in [0.1, 0.15) is 5.82 Å². The van der Waals surface area contributed by atoms with Crippen LogP contribution in [0.1, 0.15) is 10.4 Å². The third-order valence-electron chi connectivity index (χ3n) is 1.82. The molecule has 7 heteroatoms. The zero-order chi connectivity index (χ0) is 12.6. The number of carbonyl (C=O) groups excluding carboxylic acids is 1. The highest BCUT2D eigenvalue weighted by atomic mass is 79.9. The molecule has 0 bridgehead atoms. The molecule has 0 aliphatic rings. The summed E-state index contributed by atoms with van der Waals surface area (Å²) in [6.45, 7) is 0. The first-order valence-electron chi connectivity index (χ1n) is 4.04. The van der Waals surface area contributed by atoms with E-state index in [0.29, 0.717) is 0 Å². The number of sulfone groups is 1. The number of hydrogen-bond donors (Lipinski definition) is 0. The van der Waals surface area contributed by atoms with Gasteiger partial charge in [0.05, 0.1) is 0 Å². The molecule has 1 rings (SSSR count). The Balaban J connectivity index is 3.23. The van der Waals surface area contributed by atoms with Gasteiger partial charge in [-0.1, -0.05) is 23.7 Å². The van der Waals surface area contributed by atoms with E-state index in [2.05, 4.69) is 15.9 Å². The van der Waals surface area contributed by atoms with Crippen molar-refractivity contribution in [1.29, 1.82) is 0 Å². The predicted molar refractivity (Wildman–Crippen MR) is 63.1 cm³/mol. The first-order valence-corrected chi connectivity index (χ1v) is 7.10. The Morgan fingerprint density at radius 1 is 1.50 bits per heavy atom. The minimum absolute atomic E-state index is 0.114. The van der Waals surface area contributed by atoms with Gasteiger partial charge in [0, 0.05) is 11.8 Å². The van der Waals surface area contributed by atoms with Gasteiger partial charge in [0.25, 0.3) is 3.12 Å². The molecule has 0 aliphatic carbocycles. The summed E-state index contributed by atoms with van der Waals surface area (Å²) in [5.41, 5.74) is -0.114. The molecule has 1 aromatic carbocycles. The number of benzene rings is 1. The van der Waals surface area contributed by atoms with Crippen LogP contribution < -0.4 is 0 Å². The summed E-state index contributed by atoms with van der Waals surface area (Å²) in [5, 5.41) is 0. The maximum absolute atomic E-state index is 12.9. The van der Waals surface area contributed by atoms with Gasteiger partial charge in [0.15, 0.2) is 9.84 Å². The van der Waals surface area contributed by atoms with Gasteiger partial charge in [-0.15, -0.1) is 0 Å². The molecule has 0 aromatic heterocycles. The summed E-state index contributed by atoms with van der Waals surface area (Å²) in [6.07, 6.45) is 0.811. The van der Waals surface area contributed by atoms with E-state index >= 15 is 0 Å². The van der Waals surface area contributed by atoms with Crippen molar-refractivity contribution in [1.82, 2.24) is 0 Å². The van der Waals surface area contributed by atoms with Crippen LogP contribution in [-0.4, -0.2) is 23.6 Å². The van der Waals surface area contributed by atoms with E-state index in [0.717, 1.165) is 18.4 Å². The van der Waals surface area contributed by atoms with Crippen LogP contribution in [0.25, 0.3) is 0 Å². The van der Waals surface area contributed by atoms with Crippen molar-refractivity contribution in [3.8, 4) is 0 Å². The van der Waals surface area contributed by atoms with Crippen LogP contribution >= 0.6 is 27.5 Å². The van der Waals surface area contributed by atoms with Gasteiger partial charge in [-0.05, 0) is 28.1 Å². The molecule has 0 fully saturated rings. The molecule has 0 unspecified atom stereocenters. The summed E-state index contributed by atoms with van der Waals surface area (Å²) >= 11 is 8.24. The van der Waals surface area contributed by atoms with Gasteiger partial charge in [-0.3, -0.25) is 4.79 Å². The Hall–Kier alpha value is -0.460. The van der Waals surface area contributed by atoms with Crippen molar-refractivity contribution in [2.75, 3.05) is 6.26 Å². The Bertz CT molecular complexity index is 527. The van der Waals surface area contributed by atoms with Crippen molar-refractivity contribution in [3.05, 3.63) is 35.6 Å². The van der Waals surface area contributed by atoms with Crippen molar-refractivity contribution in [2.24, 2.45) is 0 Å². The summed E-state index contributed by atoms with van der Waals surface area (Å²) in [7, 11) is -3.85. The second kappa shape index (κ2) is 4.43. The van der Waals surface area contributed by atoms with Crippen molar-refractivity contribution < 1.29 is 17.6 Å². The number of Topliss-reactive ketones (excluding diaryl/α,β-unsaturated/α-hetero) is 1. The molecule has 3 nitrogen and oxygen atoms in total. The summed E-state index contributed by atoms with van der Waals surface area (Å²) in [4.78, 5) is 11.7. The van der Waals surface area contributed by atoms with Gasteiger partial charge < -0.3 is 0 Å². The molecule has 0 heterocycles. The van der Waals surface area contributed by atoms with Gasteiger partial charge in [-0.25, -0.2) is 12.8 Å². The number of ketones is 1. The van der Waals surface area contributed by atoms with Gasteiger partial charge >= 0.3 is 0 Å². The fraction of sp³-hybridized carbons (Fsp3) is 0.222. The molecule has 88 valence electrons. The van der Waals surface area contributed by atoms with E-state index in [1.165, 1.54) is 12.1 Å². The minimum Gasteiger partial charge on any atom is -0.290 e. The molecule has 0 spiro atoms. The highest BCUT2D eigenvalue weighted by Gasteiger charge is 2.44. The second-order valence-electron chi connectivity index (χ2n) is 3.13. The molecular formula is C9H7BrClFO3S. The first-order chi connectivity index (χ1) is 7.16. The third kappa shape index (κ3) is 2.61. The lowest BCUT2D eigenvalue weighted by atomic mass is 10.1. The molecule has 0 saturated heterocycles. The average molecular weight is 330 g/mol. The number of halogens is 3. The largest absolute Gasteiger partial charge is 0.290 e. The number of hydrogen-bond acceptors (Lipinski definition) is 3. The Kier molecular flexibility index (Phi) is 3.76. The lowest BCUT2D eigenvalue weighted by Gasteiger charge is -2.16. The van der Waals surface area contributed by atoms with E-state index in [4.69, 9.17) is 11.6 Å². The summed E-state index contributed by atoms with van der Waals surface area (Å²) < 4.78 is 33.1. The van der Waals surface area contributed by atoms with Gasteiger partial charge in [0.2, 0.25) is 5.78 Å². The highest BCUT2D eigenvalue weighted by Crippen LogP contribution is 2.33. The molecule has 0 saturated carbocycles. The quantitative estimate of drug-likeness (QED) is 0.632. The maximum Gasteiger partial charge on any atom is 0.261 e. The zero-order valence-electron chi connectivity index (χ0n) is 8.08. The molecule has 16 heavy (non-hydrogen) atoms. The molecule has 0 aliphatic heterocycles. The van der Waals surface area contributed by atoms with Gasteiger partial charge in [-0.2, -0.15) is 0 Å². The van der Waals surface area contributed by atoms with E-state index in [1.54, 1.807) is 0 Å². The van der Waals surface area contributed by atoms with E-state index in [9.17, 15) is 17.6 Å². The molecule has 1 atom stereocenters. The SMILES string of the molecule is CS(=O)(=O)[C@](Cl)(Br)C(=O)c1cccc(F)c1. The number of rotatable bonds is 3. The zero-order valence-corrected chi connectivity index (χ0v) is 11.2. The molecule has 0 N–H and O–H groups in total. The van der Waals surface area contributed by atoms with Crippen LogP contribution in [0.2, 0.25) is 0 Å². The van der Waals surface area contributed by atoms with Crippen molar-refractivity contribution >= 4 is 43.2 Å². The van der Waals surface area contributed by atoms with Crippen LogP contribution in [0.4, 0.5) is 4.39 Å². The fourth-order valence-electron chi connectivity index (χ4n) is 0.966. The monoisotopic (exact) mass is 328 g/mol. The molecule has 0 amide bonds.